The van der Waals surface area contributed by atoms with Gasteiger partial charge in [-0.05, 0) is 0 Å². The van der Waals surface area contributed by atoms with Gasteiger partial charge in [0.15, 0.2) is 5.65 Å². The second-order valence-electron chi connectivity index (χ2n) is 3.55. The van der Waals surface area contributed by atoms with Gasteiger partial charge in [-0.3, -0.25) is 14.6 Å². The van der Waals surface area contributed by atoms with Crippen LogP contribution in [0, 0.1) is 0 Å². The molecular formula is C10H9N5O. The first-order chi connectivity index (χ1) is 7.74. The van der Waals surface area contributed by atoms with Gasteiger partial charge in [-0.25, -0.2) is 9.50 Å². The Kier molecular flexibility index (Phi) is 1.70. The van der Waals surface area contributed by atoms with Crippen LogP contribution in [-0.4, -0.2) is 24.4 Å². The van der Waals surface area contributed by atoms with Gasteiger partial charge in [0.25, 0.3) is 5.56 Å². The molecule has 0 saturated carbocycles. The molecule has 16 heavy (non-hydrogen) atoms. The third kappa shape index (κ3) is 1.23. The summed E-state index contributed by atoms with van der Waals surface area (Å²) in [6.45, 7) is 0. The van der Waals surface area contributed by atoms with Crippen molar-refractivity contribution in [2.75, 3.05) is 0 Å². The first-order valence-electron chi connectivity index (χ1n) is 4.80. The summed E-state index contributed by atoms with van der Waals surface area (Å²) in [7, 11) is 1.84. The average molecular weight is 215 g/mol. The van der Waals surface area contributed by atoms with Crippen molar-refractivity contribution in [1.29, 1.82) is 0 Å². The van der Waals surface area contributed by atoms with Gasteiger partial charge in [-0.2, -0.15) is 5.10 Å². The Labute approximate surface area is 90.1 Å². The summed E-state index contributed by atoms with van der Waals surface area (Å²) in [6.07, 6.45) is 5.10. The first-order valence-corrected chi connectivity index (χ1v) is 4.80. The van der Waals surface area contributed by atoms with Crippen LogP contribution in [0.2, 0.25) is 0 Å². The Morgan fingerprint density at radius 1 is 1.44 bits per heavy atom. The van der Waals surface area contributed by atoms with Crippen molar-refractivity contribution < 1.29 is 0 Å². The van der Waals surface area contributed by atoms with Crippen LogP contribution in [-0.2, 0) is 7.05 Å². The summed E-state index contributed by atoms with van der Waals surface area (Å²) >= 11 is 0. The van der Waals surface area contributed by atoms with Crippen LogP contribution in [0.4, 0.5) is 0 Å². The molecule has 0 unspecified atom stereocenters. The molecule has 6 nitrogen and oxygen atoms in total. The average Bonchev–Trinajstić information content (AvgIpc) is 2.84. The zero-order valence-corrected chi connectivity index (χ0v) is 8.58. The lowest BCUT2D eigenvalue weighted by molar-refractivity contribution is 0.768. The number of nitrogens with zero attached hydrogens (tertiary/aromatic N) is 4. The smallest absolute Gasteiger partial charge is 0.272 e. The number of aryl methyl sites for hydroxylation is 1. The monoisotopic (exact) mass is 215 g/mol. The standard InChI is InChI=1S/C10H9N5O/c1-14-6-7(5-12-14)8-4-9-11-3-2-10(16)15(9)13-8/h2-6,13H,1H3. The Morgan fingerprint density at radius 2 is 2.31 bits per heavy atom. The lowest BCUT2D eigenvalue weighted by atomic mass is 10.3. The van der Waals surface area contributed by atoms with Crippen LogP contribution < -0.4 is 5.56 Å². The molecule has 3 rings (SSSR count). The van der Waals surface area contributed by atoms with E-state index in [9.17, 15) is 4.79 Å². The number of aromatic amines is 1. The molecule has 0 aliphatic heterocycles. The Hall–Kier alpha value is -2.37. The van der Waals surface area contributed by atoms with Gasteiger partial charge in [0.1, 0.15) is 0 Å². The summed E-state index contributed by atoms with van der Waals surface area (Å²) < 4.78 is 3.11. The maximum Gasteiger partial charge on any atom is 0.272 e. The predicted octanol–water partition coefficient (Wildman–Crippen LogP) is 0.423. The molecule has 0 radical (unpaired) electrons. The van der Waals surface area contributed by atoms with Gasteiger partial charge >= 0.3 is 0 Å². The molecule has 0 aliphatic carbocycles. The van der Waals surface area contributed by atoms with Crippen LogP contribution >= 0.6 is 0 Å². The SMILES string of the molecule is Cn1cc(-c2cc3nccc(=O)n3[nH]2)cn1. The first kappa shape index (κ1) is 8.90. The van der Waals surface area contributed by atoms with Crippen LogP contribution in [0.3, 0.4) is 0 Å². The van der Waals surface area contributed by atoms with E-state index >= 15 is 0 Å². The van der Waals surface area contributed by atoms with Crippen LogP contribution in [0.5, 0.6) is 0 Å². The van der Waals surface area contributed by atoms with E-state index in [-0.39, 0.29) is 5.56 Å². The van der Waals surface area contributed by atoms with E-state index in [1.165, 1.54) is 16.8 Å². The van der Waals surface area contributed by atoms with E-state index in [1.54, 1.807) is 10.9 Å². The summed E-state index contributed by atoms with van der Waals surface area (Å²) in [5.41, 5.74) is 2.22. The third-order valence-electron chi connectivity index (χ3n) is 2.39. The van der Waals surface area contributed by atoms with Crippen LogP contribution in [0.15, 0.2) is 35.5 Å². The summed E-state index contributed by atoms with van der Waals surface area (Å²) in [6, 6.07) is 3.23. The number of hydrogen-bond donors (Lipinski definition) is 1. The zero-order chi connectivity index (χ0) is 11.1. The van der Waals surface area contributed by atoms with E-state index < -0.39 is 0 Å². The highest BCUT2D eigenvalue weighted by Gasteiger charge is 2.06. The fourth-order valence-electron chi connectivity index (χ4n) is 1.63. The van der Waals surface area contributed by atoms with Crippen molar-refractivity contribution in [2.45, 2.75) is 0 Å². The molecular weight excluding hydrogens is 206 g/mol. The fourth-order valence-corrected chi connectivity index (χ4v) is 1.63. The van der Waals surface area contributed by atoms with Crippen molar-refractivity contribution in [3.05, 3.63) is 41.1 Å². The fraction of sp³-hybridized carbons (Fsp3) is 0.100. The molecule has 3 heterocycles. The molecule has 0 amide bonds. The van der Waals surface area contributed by atoms with Gasteiger partial charge in [-0.15, -0.1) is 0 Å². The largest absolute Gasteiger partial charge is 0.289 e. The highest BCUT2D eigenvalue weighted by atomic mass is 16.1. The number of rotatable bonds is 1. The Balaban J connectivity index is 2.26. The zero-order valence-electron chi connectivity index (χ0n) is 8.58. The highest BCUT2D eigenvalue weighted by Crippen LogP contribution is 2.16. The molecule has 0 bridgehead atoms. The topological polar surface area (TPSA) is 68.0 Å². The van der Waals surface area contributed by atoms with Crippen LogP contribution in [0.1, 0.15) is 0 Å². The molecule has 0 spiro atoms. The number of H-pyrrole nitrogens is 1. The molecule has 0 saturated heterocycles. The second kappa shape index (κ2) is 3.06. The van der Waals surface area contributed by atoms with E-state index in [1.807, 2.05) is 19.3 Å². The summed E-state index contributed by atoms with van der Waals surface area (Å²) in [5, 5.41) is 7.06. The molecule has 1 N–H and O–H groups in total. The maximum atomic E-state index is 11.5. The lowest BCUT2D eigenvalue weighted by Gasteiger charge is -1.89. The van der Waals surface area contributed by atoms with E-state index in [0.717, 1.165) is 11.3 Å². The summed E-state index contributed by atoms with van der Waals surface area (Å²) in [5.74, 6) is 0. The number of nitrogens with one attached hydrogen (secondary N) is 1. The van der Waals surface area contributed by atoms with Crippen molar-refractivity contribution in [1.82, 2.24) is 24.4 Å². The maximum absolute atomic E-state index is 11.5. The molecule has 0 fully saturated rings. The molecule has 0 atom stereocenters. The summed E-state index contributed by atoms with van der Waals surface area (Å²) in [4.78, 5) is 15.6. The minimum absolute atomic E-state index is 0.125. The van der Waals surface area contributed by atoms with E-state index in [4.69, 9.17) is 0 Å². The minimum Gasteiger partial charge on any atom is -0.289 e. The number of hydrogen-bond acceptors (Lipinski definition) is 3. The van der Waals surface area contributed by atoms with Crippen LogP contribution in [0.25, 0.3) is 16.9 Å². The van der Waals surface area contributed by atoms with E-state index in [0.29, 0.717) is 5.65 Å². The van der Waals surface area contributed by atoms with Gasteiger partial charge in [0.05, 0.1) is 11.9 Å². The molecule has 3 aromatic heterocycles. The Bertz CT molecular complexity index is 705. The third-order valence-corrected chi connectivity index (χ3v) is 2.39. The molecule has 80 valence electrons. The predicted molar refractivity (Wildman–Crippen MR) is 58.0 cm³/mol. The van der Waals surface area contributed by atoms with Gasteiger partial charge < -0.3 is 0 Å². The minimum atomic E-state index is -0.125. The highest BCUT2D eigenvalue weighted by molar-refractivity contribution is 5.62. The molecule has 6 heteroatoms. The quantitative estimate of drug-likeness (QED) is 0.639. The van der Waals surface area contributed by atoms with Crippen molar-refractivity contribution in [2.24, 2.45) is 7.05 Å². The van der Waals surface area contributed by atoms with Crippen molar-refractivity contribution in [3.63, 3.8) is 0 Å². The second-order valence-corrected chi connectivity index (χ2v) is 3.55. The lowest BCUT2D eigenvalue weighted by Crippen LogP contribution is -2.12. The number of aromatic nitrogens is 5. The van der Waals surface area contributed by atoms with Gasteiger partial charge in [0.2, 0.25) is 0 Å². The van der Waals surface area contributed by atoms with Crippen molar-refractivity contribution in [3.8, 4) is 11.3 Å². The van der Waals surface area contributed by atoms with Gasteiger partial charge in [-0.1, -0.05) is 0 Å². The molecule has 3 aromatic rings. The number of fused-ring (bicyclic) bond motifs is 1. The van der Waals surface area contributed by atoms with E-state index in [2.05, 4.69) is 15.2 Å². The molecule has 0 aromatic carbocycles. The van der Waals surface area contributed by atoms with Crippen molar-refractivity contribution >= 4 is 5.65 Å². The molecule has 0 aliphatic rings. The Morgan fingerprint density at radius 3 is 3.00 bits per heavy atom. The van der Waals surface area contributed by atoms with Gasteiger partial charge in [0, 0.05) is 37.1 Å². The normalized spacial score (nSPS) is 11.1.